The van der Waals surface area contributed by atoms with E-state index in [2.05, 4.69) is 11.7 Å². The van der Waals surface area contributed by atoms with Gasteiger partial charge in [0.05, 0.1) is 12.3 Å². The zero-order valence-electron chi connectivity index (χ0n) is 9.26. The zero-order chi connectivity index (χ0) is 11.4. The summed E-state index contributed by atoms with van der Waals surface area (Å²) in [6.07, 6.45) is 3.67. The van der Waals surface area contributed by atoms with Crippen molar-refractivity contribution in [2.45, 2.75) is 6.92 Å². The van der Waals surface area contributed by atoms with E-state index in [9.17, 15) is 0 Å². The summed E-state index contributed by atoms with van der Waals surface area (Å²) in [5, 5.41) is 4.16. The Hall–Kier alpha value is -2.03. The Balaban J connectivity index is 2.20. The minimum Gasteiger partial charge on any atom is -0.494 e. The lowest BCUT2D eigenvalue weighted by Gasteiger charge is -2.07. The van der Waals surface area contributed by atoms with Gasteiger partial charge in [0.1, 0.15) is 5.76 Å². The van der Waals surface area contributed by atoms with Crippen molar-refractivity contribution in [3.8, 4) is 5.69 Å². The molecule has 0 spiro atoms. The second kappa shape index (κ2) is 4.66. The standard InChI is InChI=1S/C13H14N2O/c1-3-16-11(2)12-5-7-13(8-6-12)15-10-4-9-14-15/h4-10H,2-3H2,1H3. The van der Waals surface area contributed by atoms with E-state index < -0.39 is 0 Å². The van der Waals surface area contributed by atoms with Gasteiger partial charge in [-0.25, -0.2) is 4.68 Å². The average Bonchev–Trinajstić information content (AvgIpc) is 2.83. The van der Waals surface area contributed by atoms with Gasteiger partial charge in [-0.3, -0.25) is 0 Å². The van der Waals surface area contributed by atoms with Crippen molar-refractivity contribution < 1.29 is 4.74 Å². The highest BCUT2D eigenvalue weighted by Crippen LogP contribution is 2.16. The molecule has 1 aromatic carbocycles. The van der Waals surface area contributed by atoms with E-state index in [-0.39, 0.29) is 0 Å². The fourth-order valence-corrected chi connectivity index (χ4v) is 1.48. The molecule has 2 rings (SSSR count). The lowest BCUT2D eigenvalue weighted by atomic mass is 10.2. The first-order valence-corrected chi connectivity index (χ1v) is 5.23. The monoisotopic (exact) mass is 214 g/mol. The molecule has 16 heavy (non-hydrogen) atoms. The SMILES string of the molecule is C=C(OCC)c1ccc(-n2cccn2)cc1. The van der Waals surface area contributed by atoms with Crippen LogP contribution in [0.15, 0.2) is 49.3 Å². The number of ether oxygens (including phenoxy) is 1. The molecule has 0 aliphatic carbocycles. The summed E-state index contributed by atoms with van der Waals surface area (Å²) in [7, 11) is 0. The second-order valence-electron chi connectivity index (χ2n) is 3.35. The maximum absolute atomic E-state index is 5.34. The smallest absolute Gasteiger partial charge is 0.119 e. The molecule has 82 valence electrons. The Morgan fingerprint density at radius 1 is 1.38 bits per heavy atom. The van der Waals surface area contributed by atoms with Crippen LogP contribution in [-0.4, -0.2) is 16.4 Å². The molecule has 2 aromatic rings. The van der Waals surface area contributed by atoms with Crippen LogP contribution < -0.4 is 0 Å². The minimum atomic E-state index is 0.639. The molecule has 0 atom stereocenters. The highest BCUT2D eigenvalue weighted by molar-refractivity contribution is 5.58. The Labute approximate surface area is 95.0 Å². The number of aromatic nitrogens is 2. The topological polar surface area (TPSA) is 27.1 Å². The van der Waals surface area contributed by atoms with Crippen LogP contribution in [0, 0.1) is 0 Å². The molecule has 1 aromatic heterocycles. The van der Waals surface area contributed by atoms with Crippen molar-refractivity contribution in [2.75, 3.05) is 6.61 Å². The van der Waals surface area contributed by atoms with E-state index in [0.29, 0.717) is 12.4 Å². The van der Waals surface area contributed by atoms with E-state index in [1.165, 1.54) is 0 Å². The number of rotatable bonds is 4. The first-order chi connectivity index (χ1) is 7.81. The van der Waals surface area contributed by atoms with E-state index in [4.69, 9.17) is 4.74 Å². The fraction of sp³-hybridized carbons (Fsp3) is 0.154. The van der Waals surface area contributed by atoms with Gasteiger partial charge in [-0.05, 0) is 37.3 Å². The normalized spacial score (nSPS) is 10.1. The van der Waals surface area contributed by atoms with Crippen LogP contribution in [-0.2, 0) is 4.74 Å². The zero-order valence-corrected chi connectivity index (χ0v) is 9.26. The predicted molar refractivity (Wildman–Crippen MR) is 64.2 cm³/mol. The summed E-state index contributed by atoms with van der Waals surface area (Å²) in [5.41, 5.74) is 2.02. The molecule has 0 unspecified atom stereocenters. The molecular formula is C13H14N2O. The third-order valence-electron chi connectivity index (χ3n) is 2.28. The largest absolute Gasteiger partial charge is 0.494 e. The molecule has 0 radical (unpaired) electrons. The minimum absolute atomic E-state index is 0.639. The number of nitrogens with zero attached hydrogens (tertiary/aromatic N) is 2. The number of hydrogen-bond donors (Lipinski definition) is 0. The summed E-state index contributed by atoms with van der Waals surface area (Å²) in [6, 6.07) is 9.84. The van der Waals surface area contributed by atoms with Gasteiger partial charge in [0.25, 0.3) is 0 Å². The van der Waals surface area contributed by atoms with Crippen LogP contribution in [0.3, 0.4) is 0 Å². The molecule has 0 aliphatic rings. The third kappa shape index (κ3) is 2.14. The van der Waals surface area contributed by atoms with Crippen molar-refractivity contribution in [3.05, 3.63) is 54.9 Å². The Bertz CT molecular complexity index is 457. The van der Waals surface area contributed by atoms with Crippen molar-refractivity contribution >= 4 is 5.76 Å². The van der Waals surface area contributed by atoms with Gasteiger partial charge in [-0.2, -0.15) is 5.10 Å². The van der Waals surface area contributed by atoms with Crippen LogP contribution in [0.25, 0.3) is 11.4 Å². The summed E-state index contributed by atoms with van der Waals surface area (Å²) < 4.78 is 7.15. The third-order valence-corrected chi connectivity index (χ3v) is 2.28. The van der Waals surface area contributed by atoms with Crippen LogP contribution in [0.1, 0.15) is 12.5 Å². The number of benzene rings is 1. The Morgan fingerprint density at radius 3 is 2.69 bits per heavy atom. The van der Waals surface area contributed by atoms with Gasteiger partial charge in [-0.15, -0.1) is 0 Å². The first kappa shape index (κ1) is 10.5. The highest BCUT2D eigenvalue weighted by Gasteiger charge is 2.00. The van der Waals surface area contributed by atoms with Crippen LogP contribution in [0.4, 0.5) is 0 Å². The molecule has 0 bridgehead atoms. The van der Waals surface area contributed by atoms with E-state index in [1.807, 2.05) is 48.1 Å². The first-order valence-electron chi connectivity index (χ1n) is 5.23. The van der Waals surface area contributed by atoms with E-state index in [1.54, 1.807) is 6.20 Å². The lowest BCUT2D eigenvalue weighted by molar-refractivity contribution is 0.299. The Kier molecular flexibility index (Phi) is 3.05. The van der Waals surface area contributed by atoms with Gasteiger partial charge in [0, 0.05) is 18.0 Å². The molecule has 0 saturated carbocycles. The van der Waals surface area contributed by atoms with Crippen molar-refractivity contribution in [1.82, 2.24) is 9.78 Å². The lowest BCUT2D eigenvalue weighted by Crippen LogP contribution is -1.95. The molecule has 0 saturated heterocycles. The molecule has 0 fully saturated rings. The molecule has 0 aliphatic heterocycles. The summed E-state index contributed by atoms with van der Waals surface area (Å²) in [4.78, 5) is 0. The van der Waals surface area contributed by atoms with Gasteiger partial charge < -0.3 is 4.74 Å². The maximum atomic E-state index is 5.34. The van der Waals surface area contributed by atoms with Gasteiger partial charge >= 0.3 is 0 Å². The maximum Gasteiger partial charge on any atom is 0.119 e. The van der Waals surface area contributed by atoms with E-state index in [0.717, 1.165) is 11.3 Å². The summed E-state index contributed by atoms with van der Waals surface area (Å²) in [6.45, 7) is 6.45. The molecular weight excluding hydrogens is 200 g/mol. The Morgan fingerprint density at radius 2 is 2.12 bits per heavy atom. The van der Waals surface area contributed by atoms with Crippen molar-refractivity contribution in [1.29, 1.82) is 0 Å². The predicted octanol–water partition coefficient (Wildman–Crippen LogP) is 2.88. The average molecular weight is 214 g/mol. The quantitative estimate of drug-likeness (QED) is 0.732. The fourth-order valence-electron chi connectivity index (χ4n) is 1.48. The van der Waals surface area contributed by atoms with Crippen LogP contribution in [0.5, 0.6) is 0 Å². The van der Waals surface area contributed by atoms with Crippen molar-refractivity contribution in [2.24, 2.45) is 0 Å². The number of hydrogen-bond acceptors (Lipinski definition) is 2. The molecule has 3 heteroatoms. The molecule has 1 heterocycles. The van der Waals surface area contributed by atoms with Gasteiger partial charge in [-0.1, -0.05) is 6.58 Å². The molecule has 3 nitrogen and oxygen atoms in total. The van der Waals surface area contributed by atoms with Crippen LogP contribution >= 0.6 is 0 Å². The van der Waals surface area contributed by atoms with Crippen LogP contribution in [0.2, 0.25) is 0 Å². The van der Waals surface area contributed by atoms with E-state index >= 15 is 0 Å². The molecule has 0 N–H and O–H groups in total. The van der Waals surface area contributed by atoms with Crippen molar-refractivity contribution in [3.63, 3.8) is 0 Å². The summed E-state index contributed by atoms with van der Waals surface area (Å²) >= 11 is 0. The molecule has 0 amide bonds. The van der Waals surface area contributed by atoms with Gasteiger partial charge in [0.15, 0.2) is 0 Å². The highest BCUT2D eigenvalue weighted by atomic mass is 16.5. The van der Waals surface area contributed by atoms with Gasteiger partial charge in [0.2, 0.25) is 0 Å². The summed E-state index contributed by atoms with van der Waals surface area (Å²) in [5.74, 6) is 0.703. The second-order valence-corrected chi connectivity index (χ2v) is 3.35.